The van der Waals surface area contributed by atoms with Crippen LogP contribution in [0.15, 0.2) is 48.5 Å². The van der Waals surface area contributed by atoms with Gasteiger partial charge in [0.15, 0.2) is 0 Å². The minimum absolute atomic E-state index is 0.0525. The van der Waals surface area contributed by atoms with Crippen LogP contribution in [0.5, 0.6) is 0 Å². The molecule has 0 aliphatic carbocycles. The van der Waals surface area contributed by atoms with Crippen molar-refractivity contribution in [1.82, 2.24) is 5.32 Å². The molecule has 0 aliphatic heterocycles. The predicted molar refractivity (Wildman–Crippen MR) is 88.7 cm³/mol. The van der Waals surface area contributed by atoms with E-state index in [2.05, 4.69) is 5.32 Å². The van der Waals surface area contributed by atoms with E-state index in [0.29, 0.717) is 18.7 Å². The molecule has 0 unspecified atom stereocenters. The number of amides is 1. The average Bonchev–Trinajstić information content (AvgIpc) is 2.51. The van der Waals surface area contributed by atoms with E-state index in [1.807, 2.05) is 69.3 Å². The van der Waals surface area contributed by atoms with E-state index in [1.165, 1.54) is 0 Å². The average molecular weight is 297 g/mol. The van der Waals surface area contributed by atoms with Crippen molar-refractivity contribution in [3.63, 3.8) is 0 Å². The number of aryl methyl sites for hydroxylation is 1. The van der Waals surface area contributed by atoms with E-state index in [4.69, 9.17) is 4.74 Å². The Morgan fingerprint density at radius 3 is 2.50 bits per heavy atom. The van der Waals surface area contributed by atoms with E-state index in [0.717, 1.165) is 16.7 Å². The summed E-state index contributed by atoms with van der Waals surface area (Å²) < 4.78 is 5.66. The molecule has 0 aromatic heterocycles. The van der Waals surface area contributed by atoms with E-state index in [9.17, 15) is 4.79 Å². The SMILES string of the molecule is Cc1cccc(C(=O)NCc2ccccc2COC(C)C)c1. The fourth-order valence-corrected chi connectivity index (χ4v) is 2.19. The zero-order valence-corrected chi connectivity index (χ0v) is 13.4. The molecule has 116 valence electrons. The van der Waals surface area contributed by atoms with Gasteiger partial charge in [-0.15, -0.1) is 0 Å². The summed E-state index contributed by atoms with van der Waals surface area (Å²) in [6.07, 6.45) is 0.190. The highest BCUT2D eigenvalue weighted by Crippen LogP contribution is 2.12. The van der Waals surface area contributed by atoms with Gasteiger partial charge in [-0.1, -0.05) is 42.0 Å². The van der Waals surface area contributed by atoms with Gasteiger partial charge in [-0.25, -0.2) is 0 Å². The van der Waals surface area contributed by atoms with Gasteiger partial charge >= 0.3 is 0 Å². The van der Waals surface area contributed by atoms with Crippen LogP contribution in [0.3, 0.4) is 0 Å². The fraction of sp³-hybridized carbons (Fsp3) is 0.316. The van der Waals surface area contributed by atoms with Crippen LogP contribution in [0.25, 0.3) is 0 Å². The van der Waals surface area contributed by atoms with Crippen molar-refractivity contribution in [3.8, 4) is 0 Å². The Morgan fingerprint density at radius 1 is 1.09 bits per heavy atom. The van der Waals surface area contributed by atoms with Crippen LogP contribution >= 0.6 is 0 Å². The number of carbonyl (C=O) groups is 1. The van der Waals surface area contributed by atoms with Gasteiger partial charge in [0.05, 0.1) is 12.7 Å². The Kier molecular flexibility index (Phi) is 5.73. The Bertz CT molecular complexity index is 635. The zero-order valence-electron chi connectivity index (χ0n) is 13.4. The second-order valence-corrected chi connectivity index (χ2v) is 5.68. The molecule has 1 amide bonds. The number of hydrogen-bond acceptors (Lipinski definition) is 2. The summed E-state index contributed by atoms with van der Waals surface area (Å²) in [7, 11) is 0. The first-order chi connectivity index (χ1) is 10.6. The number of carbonyl (C=O) groups excluding carboxylic acids is 1. The highest BCUT2D eigenvalue weighted by atomic mass is 16.5. The molecule has 2 aromatic rings. The Hall–Kier alpha value is -2.13. The van der Waals surface area contributed by atoms with E-state index < -0.39 is 0 Å². The van der Waals surface area contributed by atoms with Gasteiger partial charge in [-0.3, -0.25) is 4.79 Å². The van der Waals surface area contributed by atoms with Crippen molar-refractivity contribution in [2.45, 2.75) is 40.0 Å². The number of benzene rings is 2. The minimum Gasteiger partial charge on any atom is -0.374 e. The van der Waals surface area contributed by atoms with Gasteiger partial charge in [0, 0.05) is 12.1 Å². The first-order valence-corrected chi connectivity index (χ1v) is 7.59. The standard InChI is InChI=1S/C19H23NO2/c1-14(2)22-13-18-9-5-4-8-17(18)12-20-19(21)16-10-6-7-15(3)11-16/h4-11,14H,12-13H2,1-3H3,(H,20,21). The highest BCUT2D eigenvalue weighted by Gasteiger charge is 2.08. The Balaban J connectivity index is 2.00. The fourth-order valence-electron chi connectivity index (χ4n) is 2.19. The lowest BCUT2D eigenvalue weighted by Gasteiger charge is -2.13. The summed E-state index contributed by atoms with van der Waals surface area (Å²) >= 11 is 0. The number of ether oxygens (including phenoxy) is 1. The van der Waals surface area contributed by atoms with Crippen LogP contribution in [0.2, 0.25) is 0 Å². The van der Waals surface area contributed by atoms with Crippen molar-refractivity contribution >= 4 is 5.91 Å². The molecule has 0 heterocycles. The van der Waals surface area contributed by atoms with Crippen LogP contribution < -0.4 is 5.32 Å². The molecule has 0 spiro atoms. The summed E-state index contributed by atoms with van der Waals surface area (Å²) in [5, 5.41) is 2.98. The minimum atomic E-state index is -0.0525. The maximum Gasteiger partial charge on any atom is 0.251 e. The molecule has 2 aromatic carbocycles. The molecule has 2 rings (SSSR count). The summed E-state index contributed by atoms with van der Waals surface area (Å²) in [4.78, 5) is 12.2. The van der Waals surface area contributed by atoms with Gasteiger partial charge in [-0.2, -0.15) is 0 Å². The third-order valence-electron chi connectivity index (χ3n) is 3.41. The summed E-state index contributed by atoms with van der Waals surface area (Å²) in [6.45, 7) is 7.08. The second-order valence-electron chi connectivity index (χ2n) is 5.68. The monoisotopic (exact) mass is 297 g/mol. The number of rotatable bonds is 6. The number of hydrogen-bond donors (Lipinski definition) is 1. The molecule has 0 radical (unpaired) electrons. The molecule has 1 N–H and O–H groups in total. The molecule has 0 saturated heterocycles. The van der Waals surface area contributed by atoms with Gasteiger partial charge in [0.2, 0.25) is 0 Å². The first kappa shape index (κ1) is 16.2. The summed E-state index contributed by atoms with van der Waals surface area (Å²) in [5.74, 6) is -0.0525. The Labute approximate surface area is 132 Å². The summed E-state index contributed by atoms with van der Waals surface area (Å²) in [6, 6.07) is 15.6. The van der Waals surface area contributed by atoms with E-state index in [-0.39, 0.29) is 12.0 Å². The molecule has 0 fully saturated rings. The van der Waals surface area contributed by atoms with Gasteiger partial charge in [0.25, 0.3) is 5.91 Å². The van der Waals surface area contributed by atoms with Crippen molar-refractivity contribution in [3.05, 3.63) is 70.8 Å². The van der Waals surface area contributed by atoms with Crippen LogP contribution in [0, 0.1) is 6.92 Å². The van der Waals surface area contributed by atoms with Crippen molar-refractivity contribution in [2.75, 3.05) is 0 Å². The molecule has 0 aliphatic rings. The topological polar surface area (TPSA) is 38.3 Å². The molecule has 0 bridgehead atoms. The van der Waals surface area contributed by atoms with Crippen LogP contribution in [-0.4, -0.2) is 12.0 Å². The first-order valence-electron chi connectivity index (χ1n) is 7.59. The Morgan fingerprint density at radius 2 is 1.82 bits per heavy atom. The largest absolute Gasteiger partial charge is 0.374 e. The third-order valence-corrected chi connectivity index (χ3v) is 3.41. The highest BCUT2D eigenvalue weighted by molar-refractivity contribution is 5.94. The van der Waals surface area contributed by atoms with Gasteiger partial charge < -0.3 is 10.1 Å². The molecule has 0 atom stereocenters. The smallest absolute Gasteiger partial charge is 0.251 e. The molecular weight excluding hydrogens is 274 g/mol. The second kappa shape index (κ2) is 7.76. The maximum atomic E-state index is 12.2. The molecule has 0 saturated carbocycles. The predicted octanol–water partition coefficient (Wildman–Crippen LogP) is 3.85. The molecule has 3 heteroatoms. The number of nitrogens with one attached hydrogen (secondary N) is 1. The van der Waals surface area contributed by atoms with Crippen molar-refractivity contribution in [1.29, 1.82) is 0 Å². The summed E-state index contributed by atoms with van der Waals surface area (Å²) in [5.41, 5.74) is 3.97. The van der Waals surface area contributed by atoms with E-state index >= 15 is 0 Å². The van der Waals surface area contributed by atoms with Gasteiger partial charge in [-0.05, 0) is 44.0 Å². The molecule has 22 heavy (non-hydrogen) atoms. The van der Waals surface area contributed by atoms with Crippen LogP contribution in [-0.2, 0) is 17.9 Å². The molecule has 3 nitrogen and oxygen atoms in total. The lowest BCUT2D eigenvalue weighted by atomic mass is 10.1. The lowest BCUT2D eigenvalue weighted by molar-refractivity contribution is 0.0651. The van der Waals surface area contributed by atoms with E-state index in [1.54, 1.807) is 0 Å². The maximum absolute atomic E-state index is 12.2. The van der Waals surface area contributed by atoms with Crippen LogP contribution in [0.1, 0.15) is 40.9 Å². The van der Waals surface area contributed by atoms with Gasteiger partial charge in [0.1, 0.15) is 0 Å². The zero-order chi connectivity index (χ0) is 15.9. The normalized spacial score (nSPS) is 10.7. The van der Waals surface area contributed by atoms with Crippen LogP contribution in [0.4, 0.5) is 0 Å². The lowest BCUT2D eigenvalue weighted by Crippen LogP contribution is -2.23. The third kappa shape index (κ3) is 4.71. The van der Waals surface area contributed by atoms with Crippen molar-refractivity contribution in [2.24, 2.45) is 0 Å². The molecular formula is C19H23NO2. The quantitative estimate of drug-likeness (QED) is 0.879. The van der Waals surface area contributed by atoms with Crippen molar-refractivity contribution < 1.29 is 9.53 Å².